The summed E-state index contributed by atoms with van der Waals surface area (Å²) in [5, 5.41) is 58.7. The molecule has 0 saturated carbocycles. The molecule has 0 aliphatic carbocycles. The van der Waals surface area contributed by atoms with E-state index in [1.165, 1.54) is 24.3 Å². The molecule has 9 amide bonds. The van der Waals surface area contributed by atoms with Crippen LogP contribution in [0.1, 0.15) is 106 Å². The Kier molecular flexibility index (Phi) is 29.3. The molecule has 1 aromatic carbocycles. The standard InChI is InChI=1S/C49H81N13O15/c1-9-24(6)37(60-40(68)29(50)22-63)46(74)57-32(21-35(66)67)43(71)61-38(25(7)10-2)45(73)55-30(13-12-18-54-49(52)53)41(69)56-31(19-27-14-16-28(64)17-15-27)42(70)62-39(26(8)11-3)47(75)59-36(23(4)5)44(72)58-33(48(76)77)20-34(51)65/h14-17,23-26,29-33,36-39,63-64H,9-13,18-22,50H2,1-8H3,(H2,51,65)(H,55,73)(H,56,69)(H,57,74)(H,58,72)(H,59,75)(H,60,68)(H,61,71)(H,62,70)(H,66,67)(H,76,77)(H4,52,53,54)/t24-,25-,26-,29-,30-,31-,32-,33-,36-,37-,38-,39-/m0/s1. The van der Waals surface area contributed by atoms with Crippen LogP contribution in [0.2, 0.25) is 0 Å². The number of hydrogen-bond acceptors (Lipinski definition) is 15. The van der Waals surface area contributed by atoms with Crippen LogP contribution in [0.3, 0.4) is 0 Å². The molecule has 0 spiro atoms. The fraction of sp³-hybridized carbons (Fsp3) is 0.633. The van der Waals surface area contributed by atoms with E-state index in [2.05, 4.69) is 47.5 Å². The predicted octanol–water partition coefficient (Wildman–Crippen LogP) is -3.58. The number of aliphatic carboxylic acids is 2. The average Bonchev–Trinajstić information content (AvgIpc) is 3.36. The first-order valence-corrected chi connectivity index (χ1v) is 25.4. The molecule has 28 heteroatoms. The number of phenolic OH excluding ortho intramolecular Hbond substituents is 1. The molecular weight excluding hydrogens is 1010 g/mol. The third-order valence-corrected chi connectivity index (χ3v) is 12.8. The number of phenols is 1. The van der Waals surface area contributed by atoms with Crippen molar-refractivity contribution in [2.75, 3.05) is 13.2 Å². The van der Waals surface area contributed by atoms with Gasteiger partial charge in [0.15, 0.2) is 5.96 Å². The minimum Gasteiger partial charge on any atom is -0.508 e. The molecule has 0 radical (unpaired) electrons. The fourth-order valence-corrected chi connectivity index (χ4v) is 7.43. The van der Waals surface area contributed by atoms with Gasteiger partial charge in [-0.05, 0) is 54.2 Å². The third kappa shape index (κ3) is 23.4. The Balaban J connectivity index is 3.74. The van der Waals surface area contributed by atoms with Gasteiger partial charge in [0.1, 0.15) is 60.1 Å². The van der Waals surface area contributed by atoms with Gasteiger partial charge in [-0.15, -0.1) is 0 Å². The minimum absolute atomic E-state index is 0.0330. The predicted molar refractivity (Wildman–Crippen MR) is 279 cm³/mol. The van der Waals surface area contributed by atoms with Crippen molar-refractivity contribution in [3.05, 3.63) is 29.8 Å². The molecule has 0 bridgehead atoms. The SMILES string of the molecule is CC[C@H](C)[C@H](NC(=O)[C@H](CC(=O)O)NC(=O)[C@@H](NC(=O)[C@@H](N)CO)[C@@H](C)CC)C(=O)N[C@@H](CCCN=C(N)N)C(=O)N[C@@H](Cc1ccc(O)cc1)C(=O)N[C@H](C(=O)N[C@H](C(=O)N[C@@H](CC(N)=O)C(=O)O)C(C)C)[C@@H](C)CC. The largest absolute Gasteiger partial charge is 0.508 e. The van der Waals surface area contributed by atoms with E-state index in [1.54, 1.807) is 55.4 Å². The Bertz CT molecular complexity index is 2230. The smallest absolute Gasteiger partial charge is 0.326 e. The maximum Gasteiger partial charge on any atom is 0.326 e. The topological polar surface area (TPSA) is 481 Å². The van der Waals surface area contributed by atoms with Crippen molar-refractivity contribution in [2.45, 2.75) is 161 Å². The molecule has 0 unspecified atom stereocenters. The average molecular weight is 1090 g/mol. The van der Waals surface area contributed by atoms with Crippen molar-refractivity contribution < 1.29 is 73.2 Å². The number of aliphatic hydroxyl groups excluding tert-OH is 1. The minimum atomic E-state index is -1.81. The molecule has 0 heterocycles. The van der Waals surface area contributed by atoms with Crippen molar-refractivity contribution in [2.24, 2.45) is 51.6 Å². The Hall–Kier alpha value is -7.62. The summed E-state index contributed by atoms with van der Waals surface area (Å²) in [6.45, 7) is 12.3. The van der Waals surface area contributed by atoms with E-state index in [0.29, 0.717) is 18.4 Å². The molecule has 432 valence electrons. The van der Waals surface area contributed by atoms with Gasteiger partial charge in [0.25, 0.3) is 0 Å². The number of carbonyl (C=O) groups excluding carboxylic acids is 9. The van der Waals surface area contributed by atoms with Crippen LogP contribution < -0.4 is 65.5 Å². The first kappa shape index (κ1) is 67.4. The number of amides is 9. The molecular formula is C49H81N13O15. The highest BCUT2D eigenvalue weighted by molar-refractivity contribution is 5.99. The van der Waals surface area contributed by atoms with Crippen LogP contribution in [0.4, 0.5) is 0 Å². The lowest BCUT2D eigenvalue weighted by molar-refractivity contribution is -0.144. The second kappa shape index (κ2) is 33.4. The van der Waals surface area contributed by atoms with Crippen molar-refractivity contribution in [3.8, 4) is 5.75 Å². The number of guanidine groups is 1. The van der Waals surface area contributed by atoms with E-state index in [-0.39, 0.29) is 43.9 Å². The number of nitrogens with zero attached hydrogens (tertiary/aromatic N) is 1. The van der Waals surface area contributed by atoms with Gasteiger partial charge in [-0.1, -0.05) is 86.8 Å². The zero-order valence-corrected chi connectivity index (χ0v) is 44.9. The van der Waals surface area contributed by atoms with Crippen LogP contribution >= 0.6 is 0 Å². The molecule has 0 aliphatic heterocycles. The van der Waals surface area contributed by atoms with E-state index < -0.39 is 163 Å². The van der Waals surface area contributed by atoms with Gasteiger partial charge in [0, 0.05) is 13.0 Å². The number of benzene rings is 1. The highest BCUT2D eigenvalue weighted by atomic mass is 16.4. The van der Waals surface area contributed by atoms with E-state index in [0.717, 1.165) is 0 Å². The molecule has 28 nitrogen and oxygen atoms in total. The van der Waals surface area contributed by atoms with Crippen LogP contribution in [-0.4, -0.2) is 159 Å². The van der Waals surface area contributed by atoms with Crippen molar-refractivity contribution in [1.29, 1.82) is 0 Å². The molecule has 77 heavy (non-hydrogen) atoms. The number of aliphatic imine (C=N–C) groups is 1. The second-order valence-electron chi connectivity index (χ2n) is 19.3. The molecule has 1 rings (SSSR count). The highest BCUT2D eigenvalue weighted by Crippen LogP contribution is 2.17. The Morgan fingerprint density at radius 2 is 0.935 bits per heavy atom. The lowest BCUT2D eigenvalue weighted by Gasteiger charge is -2.31. The number of carbonyl (C=O) groups is 11. The summed E-state index contributed by atoms with van der Waals surface area (Å²) in [7, 11) is 0. The number of carboxylic acid groups (broad SMARTS) is 2. The molecule has 0 fully saturated rings. The Labute approximate surface area is 447 Å². The van der Waals surface area contributed by atoms with Gasteiger partial charge in [0.2, 0.25) is 53.2 Å². The van der Waals surface area contributed by atoms with Gasteiger partial charge in [-0.25, -0.2) is 4.79 Å². The summed E-state index contributed by atoms with van der Waals surface area (Å²) in [5.74, 6) is -14.6. The monoisotopic (exact) mass is 1090 g/mol. The number of rotatable bonds is 35. The van der Waals surface area contributed by atoms with Crippen LogP contribution in [0.25, 0.3) is 0 Å². The Morgan fingerprint density at radius 1 is 0.532 bits per heavy atom. The summed E-state index contributed by atoms with van der Waals surface area (Å²) < 4.78 is 0. The number of nitrogens with two attached hydrogens (primary N) is 4. The lowest BCUT2D eigenvalue weighted by Crippen LogP contribution is -2.62. The van der Waals surface area contributed by atoms with Gasteiger partial charge in [-0.2, -0.15) is 0 Å². The van der Waals surface area contributed by atoms with Crippen molar-refractivity contribution >= 4 is 71.1 Å². The molecule has 20 N–H and O–H groups in total. The van der Waals surface area contributed by atoms with Crippen molar-refractivity contribution in [3.63, 3.8) is 0 Å². The number of carboxylic acids is 2. The first-order valence-electron chi connectivity index (χ1n) is 25.4. The zero-order chi connectivity index (χ0) is 58.9. The molecule has 0 saturated heterocycles. The van der Waals surface area contributed by atoms with Crippen LogP contribution in [0, 0.1) is 23.7 Å². The van der Waals surface area contributed by atoms with Crippen molar-refractivity contribution in [1.82, 2.24) is 42.5 Å². The van der Waals surface area contributed by atoms with E-state index in [9.17, 15) is 73.2 Å². The highest BCUT2D eigenvalue weighted by Gasteiger charge is 2.38. The van der Waals surface area contributed by atoms with Crippen LogP contribution in [0.5, 0.6) is 5.75 Å². The van der Waals surface area contributed by atoms with Crippen LogP contribution in [-0.2, 0) is 59.2 Å². The lowest BCUT2D eigenvalue weighted by atomic mass is 9.95. The van der Waals surface area contributed by atoms with Gasteiger partial charge >= 0.3 is 11.9 Å². The number of aromatic hydroxyl groups is 1. The van der Waals surface area contributed by atoms with E-state index in [1.807, 2.05) is 0 Å². The normalized spacial score (nSPS) is 15.8. The van der Waals surface area contributed by atoms with Crippen LogP contribution in [0.15, 0.2) is 29.3 Å². The molecule has 0 aromatic heterocycles. The second-order valence-corrected chi connectivity index (χ2v) is 19.3. The third-order valence-electron chi connectivity index (χ3n) is 12.8. The quantitative estimate of drug-likeness (QED) is 0.0177. The summed E-state index contributed by atoms with van der Waals surface area (Å²) in [6, 6.07) is -7.90. The van der Waals surface area contributed by atoms with Gasteiger partial charge < -0.3 is 85.9 Å². The van der Waals surface area contributed by atoms with Gasteiger partial charge in [-0.3, -0.25) is 52.9 Å². The number of hydrogen-bond donors (Lipinski definition) is 16. The van der Waals surface area contributed by atoms with Gasteiger partial charge in [0.05, 0.1) is 19.4 Å². The fourth-order valence-electron chi connectivity index (χ4n) is 7.43. The summed E-state index contributed by atoms with van der Waals surface area (Å²) >= 11 is 0. The summed E-state index contributed by atoms with van der Waals surface area (Å²) in [5.41, 5.74) is 22.2. The maximum atomic E-state index is 14.5. The molecule has 12 atom stereocenters. The van der Waals surface area contributed by atoms with E-state index >= 15 is 0 Å². The molecule has 1 aromatic rings. The maximum absolute atomic E-state index is 14.5. The first-order chi connectivity index (χ1) is 36.0. The zero-order valence-electron chi connectivity index (χ0n) is 44.9. The summed E-state index contributed by atoms with van der Waals surface area (Å²) in [6.07, 6.45) is -1.21. The Morgan fingerprint density at radius 3 is 1.36 bits per heavy atom. The number of aliphatic hydroxyl groups is 1. The molecule has 0 aliphatic rings. The van der Waals surface area contributed by atoms with E-state index in [4.69, 9.17) is 22.9 Å². The number of primary amides is 1. The summed E-state index contributed by atoms with van der Waals surface area (Å²) in [4.78, 5) is 150. The number of nitrogens with one attached hydrogen (secondary N) is 8.